The van der Waals surface area contributed by atoms with Crippen LogP contribution in [-0.2, 0) is 13.6 Å². The maximum Gasteiger partial charge on any atom is 0.205 e. The lowest BCUT2D eigenvalue weighted by atomic mass is 10.2. The van der Waals surface area contributed by atoms with E-state index in [1.54, 1.807) is 0 Å². The van der Waals surface area contributed by atoms with Gasteiger partial charge in [0.1, 0.15) is 0 Å². The molecular formula is C15H19ClN4. The van der Waals surface area contributed by atoms with Gasteiger partial charge in [-0.2, -0.15) is 0 Å². The van der Waals surface area contributed by atoms with Gasteiger partial charge in [0.05, 0.1) is 0 Å². The molecule has 2 heterocycles. The summed E-state index contributed by atoms with van der Waals surface area (Å²) in [4.78, 5) is 9.23. The first kappa shape index (κ1) is 13.5. The van der Waals surface area contributed by atoms with Crippen molar-refractivity contribution in [2.75, 3.05) is 31.1 Å². The molecule has 2 aromatic rings. The van der Waals surface area contributed by atoms with Gasteiger partial charge >= 0.3 is 0 Å². The summed E-state index contributed by atoms with van der Waals surface area (Å²) in [6.07, 6.45) is 3.85. The molecule has 20 heavy (non-hydrogen) atoms. The zero-order valence-corrected chi connectivity index (χ0v) is 12.4. The minimum atomic E-state index is 0.799. The number of anilines is 1. The van der Waals surface area contributed by atoms with Crippen LogP contribution in [0, 0.1) is 0 Å². The Labute approximate surface area is 124 Å². The van der Waals surface area contributed by atoms with Gasteiger partial charge in [-0.1, -0.05) is 23.7 Å². The Balaban J connectivity index is 1.56. The number of imidazole rings is 1. The average Bonchev–Trinajstić information content (AvgIpc) is 2.89. The monoisotopic (exact) mass is 290 g/mol. The van der Waals surface area contributed by atoms with Crippen LogP contribution >= 0.6 is 11.6 Å². The predicted molar refractivity (Wildman–Crippen MR) is 82.2 cm³/mol. The molecule has 1 fully saturated rings. The molecular weight excluding hydrogens is 272 g/mol. The molecule has 0 bridgehead atoms. The van der Waals surface area contributed by atoms with E-state index < -0.39 is 0 Å². The maximum absolute atomic E-state index is 5.92. The van der Waals surface area contributed by atoms with E-state index >= 15 is 0 Å². The summed E-state index contributed by atoms with van der Waals surface area (Å²) in [5.74, 6) is 1.07. The molecule has 0 aliphatic carbocycles. The van der Waals surface area contributed by atoms with Crippen LogP contribution in [0.2, 0.25) is 5.02 Å². The van der Waals surface area contributed by atoms with E-state index in [9.17, 15) is 0 Å². The van der Waals surface area contributed by atoms with Gasteiger partial charge in [-0.05, 0) is 17.7 Å². The standard InChI is InChI=1S/C15H19ClN4/c1-18-7-6-17-15(18)20-10-8-19(9-11-20)12-13-2-4-14(16)5-3-13/h2-7H,8-12H2,1H3. The topological polar surface area (TPSA) is 24.3 Å². The number of hydrogen-bond acceptors (Lipinski definition) is 3. The van der Waals surface area contributed by atoms with E-state index in [2.05, 4.69) is 31.5 Å². The summed E-state index contributed by atoms with van der Waals surface area (Å²) in [7, 11) is 2.04. The van der Waals surface area contributed by atoms with Crippen molar-refractivity contribution in [1.29, 1.82) is 0 Å². The summed E-state index contributed by atoms with van der Waals surface area (Å²) < 4.78 is 2.08. The Morgan fingerprint density at radius 3 is 2.40 bits per heavy atom. The number of nitrogens with zero attached hydrogens (tertiary/aromatic N) is 4. The van der Waals surface area contributed by atoms with Gasteiger partial charge in [-0.3, -0.25) is 4.90 Å². The van der Waals surface area contributed by atoms with E-state index in [1.165, 1.54) is 5.56 Å². The van der Waals surface area contributed by atoms with Gasteiger partial charge in [-0.25, -0.2) is 4.98 Å². The van der Waals surface area contributed by atoms with Crippen LogP contribution < -0.4 is 4.90 Å². The van der Waals surface area contributed by atoms with Crippen LogP contribution in [0.3, 0.4) is 0 Å². The molecule has 1 aliphatic heterocycles. The Hall–Kier alpha value is -1.52. The van der Waals surface area contributed by atoms with E-state index in [1.807, 2.05) is 31.6 Å². The van der Waals surface area contributed by atoms with Crippen molar-refractivity contribution in [2.24, 2.45) is 7.05 Å². The highest BCUT2D eigenvalue weighted by molar-refractivity contribution is 6.30. The number of halogens is 1. The van der Waals surface area contributed by atoms with E-state index in [4.69, 9.17) is 11.6 Å². The fourth-order valence-electron chi connectivity index (χ4n) is 2.62. The normalized spacial score (nSPS) is 16.6. The van der Waals surface area contributed by atoms with Crippen LogP contribution in [0.4, 0.5) is 5.95 Å². The number of piperazine rings is 1. The Morgan fingerprint density at radius 2 is 1.80 bits per heavy atom. The molecule has 1 aromatic carbocycles. The molecule has 0 unspecified atom stereocenters. The molecule has 5 heteroatoms. The van der Waals surface area contributed by atoms with Gasteiger partial charge in [0.2, 0.25) is 5.95 Å². The molecule has 1 aliphatic rings. The number of benzene rings is 1. The third-order valence-electron chi connectivity index (χ3n) is 3.77. The van der Waals surface area contributed by atoms with Crippen molar-refractivity contribution >= 4 is 17.5 Å². The number of hydrogen-bond donors (Lipinski definition) is 0. The quantitative estimate of drug-likeness (QED) is 0.867. The van der Waals surface area contributed by atoms with Gasteiger partial charge in [-0.15, -0.1) is 0 Å². The van der Waals surface area contributed by atoms with Crippen LogP contribution in [-0.4, -0.2) is 40.6 Å². The summed E-state index contributed by atoms with van der Waals surface area (Å²) >= 11 is 5.92. The van der Waals surface area contributed by atoms with Crippen LogP contribution in [0.5, 0.6) is 0 Å². The van der Waals surface area contributed by atoms with Crippen molar-refractivity contribution in [3.63, 3.8) is 0 Å². The Bertz CT molecular complexity index is 556. The third-order valence-corrected chi connectivity index (χ3v) is 4.02. The minimum absolute atomic E-state index is 0.799. The Morgan fingerprint density at radius 1 is 1.10 bits per heavy atom. The summed E-state index contributed by atoms with van der Waals surface area (Å²) in [6.45, 7) is 5.17. The summed E-state index contributed by atoms with van der Waals surface area (Å²) in [5, 5.41) is 0.799. The molecule has 0 amide bonds. The number of aromatic nitrogens is 2. The van der Waals surface area contributed by atoms with Gasteiger partial charge in [0.15, 0.2) is 0 Å². The molecule has 1 saturated heterocycles. The van der Waals surface area contributed by atoms with Crippen molar-refractivity contribution in [2.45, 2.75) is 6.54 Å². The molecule has 0 atom stereocenters. The van der Waals surface area contributed by atoms with Crippen molar-refractivity contribution < 1.29 is 0 Å². The molecule has 106 valence electrons. The van der Waals surface area contributed by atoms with Crippen molar-refractivity contribution in [3.8, 4) is 0 Å². The zero-order chi connectivity index (χ0) is 13.9. The summed E-state index contributed by atoms with van der Waals surface area (Å²) in [5.41, 5.74) is 1.32. The van der Waals surface area contributed by atoms with Crippen molar-refractivity contribution in [1.82, 2.24) is 14.5 Å². The first-order valence-electron chi connectivity index (χ1n) is 6.91. The summed E-state index contributed by atoms with van der Waals surface area (Å²) in [6, 6.07) is 8.13. The predicted octanol–water partition coefficient (Wildman–Crippen LogP) is 2.40. The van der Waals surface area contributed by atoms with E-state index in [-0.39, 0.29) is 0 Å². The Kier molecular flexibility index (Phi) is 3.94. The minimum Gasteiger partial charge on any atom is -0.340 e. The highest BCUT2D eigenvalue weighted by Crippen LogP contribution is 2.16. The van der Waals surface area contributed by atoms with E-state index in [0.717, 1.165) is 43.7 Å². The lowest BCUT2D eigenvalue weighted by Gasteiger charge is -2.35. The average molecular weight is 291 g/mol. The fourth-order valence-corrected chi connectivity index (χ4v) is 2.74. The van der Waals surface area contributed by atoms with Gasteiger partial charge in [0, 0.05) is 57.2 Å². The largest absolute Gasteiger partial charge is 0.340 e. The molecule has 3 rings (SSSR count). The second kappa shape index (κ2) is 5.85. The second-order valence-corrected chi connectivity index (χ2v) is 5.66. The fraction of sp³-hybridized carbons (Fsp3) is 0.400. The molecule has 0 spiro atoms. The first-order chi connectivity index (χ1) is 9.72. The molecule has 0 radical (unpaired) electrons. The third kappa shape index (κ3) is 2.97. The van der Waals surface area contributed by atoms with Crippen LogP contribution in [0.15, 0.2) is 36.7 Å². The maximum atomic E-state index is 5.92. The van der Waals surface area contributed by atoms with Crippen LogP contribution in [0.1, 0.15) is 5.56 Å². The SMILES string of the molecule is Cn1ccnc1N1CCN(Cc2ccc(Cl)cc2)CC1. The smallest absolute Gasteiger partial charge is 0.205 e. The number of aryl methyl sites for hydroxylation is 1. The van der Waals surface area contributed by atoms with Crippen LogP contribution in [0.25, 0.3) is 0 Å². The molecule has 4 nitrogen and oxygen atoms in total. The number of rotatable bonds is 3. The molecule has 0 N–H and O–H groups in total. The molecule has 0 saturated carbocycles. The first-order valence-corrected chi connectivity index (χ1v) is 7.29. The highest BCUT2D eigenvalue weighted by atomic mass is 35.5. The lowest BCUT2D eigenvalue weighted by Crippen LogP contribution is -2.46. The van der Waals surface area contributed by atoms with E-state index in [0.29, 0.717) is 0 Å². The second-order valence-electron chi connectivity index (χ2n) is 5.23. The lowest BCUT2D eigenvalue weighted by molar-refractivity contribution is 0.248. The van der Waals surface area contributed by atoms with Gasteiger partial charge < -0.3 is 9.47 Å². The van der Waals surface area contributed by atoms with Crippen molar-refractivity contribution in [3.05, 3.63) is 47.2 Å². The zero-order valence-electron chi connectivity index (χ0n) is 11.7. The highest BCUT2D eigenvalue weighted by Gasteiger charge is 2.19. The van der Waals surface area contributed by atoms with Gasteiger partial charge in [0.25, 0.3) is 0 Å². The molecule has 1 aromatic heterocycles.